The van der Waals surface area contributed by atoms with Crippen LogP contribution in [0, 0.1) is 0 Å². The second-order valence-electron chi connectivity index (χ2n) is 4.92. The van der Waals surface area contributed by atoms with E-state index >= 15 is 0 Å². The molecule has 0 fully saturated rings. The zero-order chi connectivity index (χ0) is 12.4. The van der Waals surface area contributed by atoms with Gasteiger partial charge in [0.25, 0.3) is 0 Å². The fourth-order valence-corrected chi connectivity index (χ4v) is 1.53. The molecule has 0 heterocycles. The number of ether oxygens (including phenoxy) is 2. The highest BCUT2D eigenvalue weighted by molar-refractivity contribution is 4.72. The third-order valence-electron chi connectivity index (χ3n) is 2.52. The average Bonchev–Trinajstić information content (AvgIpc) is 2.19. The highest BCUT2D eigenvalue weighted by Crippen LogP contribution is 2.07. The van der Waals surface area contributed by atoms with E-state index in [1.165, 1.54) is 0 Å². The predicted molar refractivity (Wildman–Crippen MR) is 67.7 cm³/mol. The van der Waals surface area contributed by atoms with Crippen LogP contribution in [0.1, 0.15) is 26.7 Å². The number of methoxy groups -OCH3 is 2. The Balaban J connectivity index is 3.72. The van der Waals surface area contributed by atoms with Crippen LogP contribution in [-0.4, -0.2) is 57.5 Å². The van der Waals surface area contributed by atoms with E-state index in [9.17, 15) is 0 Å². The van der Waals surface area contributed by atoms with Crippen LogP contribution in [0.2, 0.25) is 0 Å². The van der Waals surface area contributed by atoms with Gasteiger partial charge in [-0.1, -0.05) is 0 Å². The summed E-state index contributed by atoms with van der Waals surface area (Å²) in [5.74, 6) is 0. The van der Waals surface area contributed by atoms with Crippen molar-refractivity contribution in [3.8, 4) is 0 Å². The molecule has 0 unspecified atom stereocenters. The zero-order valence-electron chi connectivity index (χ0n) is 11.3. The molecule has 0 saturated heterocycles. The molecule has 0 aromatic rings. The van der Waals surface area contributed by atoms with Crippen molar-refractivity contribution in [2.45, 2.75) is 32.2 Å². The van der Waals surface area contributed by atoms with Crippen molar-refractivity contribution in [3.63, 3.8) is 0 Å². The van der Waals surface area contributed by atoms with Crippen molar-refractivity contribution < 1.29 is 9.47 Å². The van der Waals surface area contributed by atoms with Gasteiger partial charge in [0.1, 0.15) is 0 Å². The van der Waals surface area contributed by atoms with Crippen LogP contribution in [0.3, 0.4) is 0 Å². The molecule has 4 nitrogen and oxygen atoms in total. The number of hydrogen-bond acceptors (Lipinski definition) is 4. The molecule has 2 N–H and O–H groups in total. The standard InChI is InChI=1S/C12H28N2O2/c1-12(2,13)6-5-7-14(8-10-15-3)9-11-16-4/h5-11,13H2,1-4H3. The maximum atomic E-state index is 5.95. The summed E-state index contributed by atoms with van der Waals surface area (Å²) in [4.78, 5) is 2.36. The second-order valence-corrected chi connectivity index (χ2v) is 4.92. The van der Waals surface area contributed by atoms with Crippen LogP contribution in [0.15, 0.2) is 0 Å². The molecule has 0 amide bonds. The quantitative estimate of drug-likeness (QED) is 0.613. The molecule has 0 saturated carbocycles. The Morgan fingerprint density at radius 3 is 1.88 bits per heavy atom. The van der Waals surface area contributed by atoms with Crippen LogP contribution in [0.5, 0.6) is 0 Å². The molecule has 16 heavy (non-hydrogen) atoms. The lowest BCUT2D eigenvalue weighted by Gasteiger charge is -2.24. The maximum Gasteiger partial charge on any atom is 0.0589 e. The molecule has 0 aliphatic carbocycles. The molecule has 0 aliphatic rings. The molecule has 0 atom stereocenters. The lowest BCUT2D eigenvalue weighted by Crippen LogP contribution is -2.35. The minimum absolute atomic E-state index is 0.0613. The van der Waals surface area contributed by atoms with Gasteiger partial charge in [-0.05, 0) is 33.2 Å². The summed E-state index contributed by atoms with van der Waals surface area (Å²) in [6.45, 7) is 8.68. The van der Waals surface area contributed by atoms with Crippen molar-refractivity contribution in [1.82, 2.24) is 4.90 Å². The van der Waals surface area contributed by atoms with Gasteiger partial charge in [-0.3, -0.25) is 4.90 Å². The first-order valence-corrected chi connectivity index (χ1v) is 5.98. The molecule has 0 aromatic heterocycles. The van der Waals surface area contributed by atoms with Gasteiger partial charge in [0.05, 0.1) is 13.2 Å². The molecule has 0 spiro atoms. The van der Waals surface area contributed by atoms with Gasteiger partial charge >= 0.3 is 0 Å². The summed E-state index contributed by atoms with van der Waals surface area (Å²) < 4.78 is 10.2. The van der Waals surface area contributed by atoms with Crippen molar-refractivity contribution >= 4 is 0 Å². The molecular weight excluding hydrogens is 204 g/mol. The summed E-state index contributed by atoms with van der Waals surface area (Å²) in [5.41, 5.74) is 5.89. The number of nitrogens with zero attached hydrogens (tertiary/aromatic N) is 1. The van der Waals surface area contributed by atoms with Gasteiger partial charge in [0.2, 0.25) is 0 Å². The van der Waals surface area contributed by atoms with Crippen LogP contribution >= 0.6 is 0 Å². The minimum atomic E-state index is -0.0613. The van der Waals surface area contributed by atoms with E-state index in [2.05, 4.69) is 18.7 Å². The summed E-state index contributed by atoms with van der Waals surface area (Å²) in [7, 11) is 3.47. The lowest BCUT2D eigenvalue weighted by molar-refractivity contribution is 0.112. The smallest absolute Gasteiger partial charge is 0.0589 e. The zero-order valence-corrected chi connectivity index (χ0v) is 11.3. The van der Waals surface area contributed by atoms with Gasteiger partial charge in [-0.2, -0.15) is 0 Å². The van der Waals surface area contributed by atoms with Crippen LogP contribution in [0.25, 0.3) is 0 Å². The van der Waals surface area contributed by atoms with Crippen LogP contribution in [0.4, 0.5) is 0 Å². The third-order valence-corrected chi connectivity index (χ3v) is 2.52. The van der Waals surface area contributed by atoms with Crippen LogP contribution < -0.4 is 5.73 Å². The average molecular weight is 232 g/mol. The maximum absolute atomic E-state index is 5.95. The van der Waals surface area contributed by atoms with Crippen molar-refractivity contribution in [2.24, 2.45) is 5.73 Å². The molecule has 4 heteroatoms. The summed E-state index contributed by atoms with van der Waals surface area (Å²) in [6.07, 6.45) is 2.17. The van der Waals surface area contributed by atoms with E-state index in [0.29, 0.717) is 0 Å². The van der Waals surface area contributed by atoms with E-state index in [1.807, 2.05) is 0 Å². The first-order chi connectivity index (χ1) is 7.49. The summed E-state index contributed by atoms with van der Waals surface area (Å²) in [6, 6.07) is 0. The topological polar surface area (TPSA) is 47.7 Å². The Hall–Kier alpha value is -0.160. The minimum Gasteiger partial charge on any atom is -0.383 e. The van der Waals surface area contributed by atoms with E-state index in [-0.39, 0.29) is 5.54 Å². The van der Waals surface area contributed by atoms with E-state index in [1.54, 1.807) is 14.2 Å². The Bertz CT molecular complexity index is 150. The number of hydrogen-bond donors (Lipinski definition) is 1. The van der Waals surface area contributed by atoms with Crippen molar-refractivity contribution in [1.29, 1.82) is 0 Å². The Kier molecular flexibility index (Phi) is 8.84. The van der Waals surface area contributed by atoms with Gasteiger partial charge < -0.3 is 15.2 Å². The molecule has 0 radical (unpaired) electrons. The Morgan fingerprint density at radius 1 is 1.00 bits per heavy atom. The molecular formula is C12H28N2O2. The van der Waals surface area contributed by atoms with Crippen molar-refractivity contribution in [2.75, 3.05) is 47.1 Å². The normalized spacial score (nSPS) is 12.4. The van der Waals surface area contributed by atoms with E-state index in [4.69, 9.17) is 15.2 Å². The predicted octanol–water partition coefficient (Wildman–Crippen LogP) is 1.10. The van der Waals surface area contributed by atoms with Gasteiger partial charge in [-0.25, -0.2) is 0 Å². The largest absolute Gasteiger partial charge is 0.383 e. The third kappa shape index (κ3) is 10.4. The Morgan fingerprint density at radius 2 is 1.50 bits per heavy atom. The lowest BCUT2D eigenvalue weighted by atomic mass is 10.00. The molecule has 0 aliphatic heterocycles. The summed E-state index contributed by atoms with van der Waals surface area (Å²) >= 11 is 0. The second kappa shape index (κ2) is 8.93. The van der Waals surface area contributed by atoms with Gasteiger partial charge in [0.15, 0.2) is 0 Å². The molecule has 0 rings (SSSR count). The van der Waals surface area contributed by atoms with Crippen LogP contribution in [-0.2, 0) is 9.47 Å². The van der Waals surface area contributed by atoms with Gasteiger partial charge in [-0.15, -0.1) is 0 Å². The molecule has 0 bridgehead atoms. The van der Waals surface area contributed by atoms with E-state index in [0.717, 1.165) is 45.7 Å². The molecule has 0 aromatic carbocycles. The Labute approximate surface area is 100 Å². The molecule has 98 valence electrons. The number of nitrogens with two attached hydrogens (primary N) is 1. The van der Waals surface area contributed by atoms with Crippen molar-refractivity contribution in [3.05, 3.63) is 0 Å². The SMILES string of the molecule is COCCN(CCCC(C)(C)N)CCOC. The fraction of sp³-hybridized carbons (Fsp3) is 1.00. The first-order valence-electron chi connectivity index (χ1n) is 5.98. The summed E-state index contributed by atoms with van der Waals surface area (Å²) in [5, 5.41) is 0. The highest BCUT2D eigenvalue weighted by Gasteiger charge is 2.11. The van der Waals surface area contributed by atoms with E-state index < -0.39 is 0 Å². The van der Waals surface area contributed by atoms with Gasteiger partial charge in [0, 0.05) is 32.8 Å². The fourth-order valence-electron chi connectivity index (χ4n) is 1.53. The first kappa shape index (κ1) is 15.8. The highest BCUT2D eigenvalue weighted by atomic mass is 16.5. The monoisotopic (exact) mass is 232 g/mol. The number of rotatable bonds is 10.